The van der Waals surface area contributed by atoms with Crippen LogP contribution in [-0.4, -0.2) is 62.2 Å². The summed E-state index contributed by atoms with van der Waals surface area (Å²) in [5, 5.41) is 0. The van der Waals surface area contributed by atoms with Crippen LogP contribution in [0.4, 0.5) is 0 Å². The van der Waals surface area contributed by atoms with Crippen LogP contribution in [0.15, 0.2) is 36.0 Å². The van der Waals surface area contributed by atoms with E-state index in [1.54, 1.807) is 44.2 Å². The van der Waals surface area contributed by atoms with Gasteiger partial charge in [-0.1, -0.05) is 30.3 Å². The first kappa shape index (κ1) is 20.3. The standard InChI is InChI=1S/C19H24N2O7S/c1-11(22)25-10-13-19(16-17(26-13)28-18(2,3)27-16)15(20)14(29(23,24)21(19)4)12-8-6-5-7-9-12/h5-9,13,16-17H,10,20H2,1-4H3/t13-,16+,17-,19+/m1/s1. The number of rotatable bonds is 3. The Morgan fingerprint density at radius 1 is 1.24 bits per heavy atom. The Morgan fingerprint density at radius 2 is 1.90 bits per heavy atom. The van der Waals surface area contributed by atoms with Gasteiger partial charge in [-0.25, -0.2) is 8.42 Å². The van der Waals surface area contributed by atoms with Crippen LogP contribution in [0.25, 0.3) is 4.91 Å². The van der Waals surface area contributed by atoms with E-state index in [2.05, 4.69) is 0 Å². The highest BCUT2D eigenvalue weighted by atomic mass is 32.2. The largest absolute Gasteiger partial charge is 0.463 e. The first-order chi connectivity index (χ1) is 13.5. The van der Waals surface area contributed by atoms with Crippen molar-refractivity contribution in [3.63, 3.8) is 0 Å². The maximum atomic E-state index is 13.4. The summed E-state index contributed by atoms with van der Waals surface area (Å²) in [7, 11) is -2.55. The first-order valence-corrected chi connectivity index (χ1v) is 10.6. The van der Waals surface area contributed by atoms with Gasteiger partial charge in [0.15, 0.2) is 12.1 Å². The van der Waals surface area contributed by atoms with Crippen LogP contribution in [-0.2, 0) is 33.8 Å². The minimum absolute atomic E-state index is 0.00835. The van der Waals surface area contributed by atoms with Gasteiger partial charge in [-0.15, -0.1) is 0 Å². The number of sulfonamides is 1. The fourth-order valence-electron chi connectivity index (χ4n) is 4.36. The zero-order valence-electron chi connectivity index (χ0n) is 16.6. The van der Waals surface area contributed by atoms with Crippen molar-refractivity contribution in [1.82, 2.24) is 4.31 Å². The Hall–Kier alpha value is -1.98. The number of likely N-dealkylation sites (N-methyl/N-ethyl adjacent to an activating group) is 1. The number of hydrogen-bond acceptors (Lipinski definition) is 8. The van der Waals surface area contributed by atoms with E-state index in [1.807, 2.05) is 0 Å². The quantitative estimate of drug-likeness (QED) is 0.707. The van der Waals surface area contributed by atoms with Crippen LogP contribution in [0.1, 0.15) is 26.3 Å². The highest BCUT2D eigenvalue weighted by molar-refractivity contribution is 7.98. The molecule has 0 saturated carbocycles. The van der Waals surface area contributed by atoms with E-state index in [9.17, 15) is 13.2 Å². The molecule has 158 valence electrons. The van der Waals surface area contributed by atoms with Crippen LogP contribution in [0, 0.1) is 0 Å². The monoisotopic (exact) mass is 424 g/mol. The maximum absolute atomic E-state index is 13.4. The number of fused-ring (bicyclic) bond motifs is 2. The van der Waals surface area contributed by atoms with Crippen LogP contribution in [0.2, 0.25) is 0 Å². The fourth-order valence-corrected chi connectivity index (χ4v) is 6.23. The maximum Gasteiger partial charge on any atom is 0.302 e. The summed E-state index contributed by atoms with van der Waals surface area (Å²) in [5.74, 6) is -1.51. The first-order valence-electron chi connectivity index (χ1n) is 9.21. The van der Waals surface area contributed by atoms with Crippen molar-refractivity contribution < 1.29 is 32.2 Å². The Balaban J connectivity index is 1.91. The average Bonchev–Trinajstić information content (AvgIpc) is 3.14. The summed E-state index contributed by atoms with van der Waals surface area (Å²) in [5.41, 5.74) is 5.68. The van der Waals surface area contributed by atoms with Gasteiger partial charge in [-0.2, -0.15) is 4.31 Å². The second-order valence-corrected chi connectivity index (χ2v) is 9.66. The van der Waals surface area contributed by atoms with Gasteiger partial charge >= 0.3 is 5.97 Å². The van der Waals surface area contributed by atoms with E-state index < -0.39 is 45.8 Å². The van der Waals surface area contributed by atoms with Gasteiger partial charge in [-0.05, 0) is 19.4 Å². The van der Waals surface area contributed by atoms with Gasteiger partial charge in [0.05, 0.1) is 5.70 Å². The predicted octanol–water partition coefficient (Wildman–Crippen LogP) is 0.767. The van der Waals surface area contributed by atoms with Gasteiger partial charge < -0.3 is 24.7 Å². The number of carbonyl (C=O) groups is 1. The topological polar surface area (TPSA) is 117 Å². The van der Waals surface area contributed by atoms with Gasteiger partial charge in [0.25, 0.3) is 0 Å². The van der Waals surface area contributed by atoms with Crippen molar-refractivity contribution in [3.8, 4) is 0 Å². The molecule has 4 rings (SSSR count). The summed E-state index contributed by atoms with van der Waals surface area (Å²) >= 11 is 0. The Morgan fingerprint density at radius 3 is 2.52 bits per heavy atom. The summed E-state index contributed by atoms with van der Waals surface area (Å²) in [4.78, 5) is 11.4. The molecule has 0 radical (unpaired) electrons. The normalized spacial score (nSPS) is 35.2. The van der Waals surface area contributed by atoms with Crippen molar-refractivity contribution in [1.29, 1.82) is 0 Å². The Bertz CT molecular complexity index is 976. The van der Waals surface area contributed by atoms with E-state index in [1.165, 1.54) is 18.3 Å². The molecule has 1 spiro atoms. The summed E-state index contributed by atoms with van der Waals surface area (Å²) in [6.07, 6.45) is -2.60. The molecule has 9 nitrogen and oxygen atoms in total. The van der Waals surface area contributed by atoms with Crippen LogP contribution in [0.3, 0.4) is 0 Å². The van der Waals surface area contributed by atoms with Gasteiger partial charge in [0.2, 0.25) is 10.0 Å². The third-order valence-corrected chi connectivity index (χ3v) is 7.57. The summed E-state index contributed by atoms with van der Waals surface area (Å²) in [6, 6.07) is 8.61. The molecule has 4 atom stereocenters. The van der Waals surface area contributed by atoms with Crippen molar-refractivity contribution in [2.75, 3.05) is 13.7 Å². The molecule has 1 aromatic carbocycles. The Kier molecular flexibility index (Phi) is 4.56. The molecule has 3 aliphatic heterocycles. The van der Waals surface area contributed by atoms with Crippen LogP contribution in [0.5, 0.6) is 0 Å². The number of esters is 1. The lowest BCUT2D eigenvalue weighted by atomic mass is 9.84. The number of benzene rings is 1. The van der Waals surface area contributed by atoms with E-state index in [-0.39, 0.29) is 17.2 Å². The van der Waals surface area contributed by atoms with Crippen molar-refractivity contribution in [2.24, 2.45) is 5.73 Å². The SMILES string of the molecule is CC(=O)OC[C@H]1O[C@@H]2OC(C)(C)O[C@@H]2[C@@]12C(N)=C(c1ccccc1)S(=O)(=O)N2C. The third kappa shape index (κ3) is 2.82. The minimum Gasteiger partial charge on any atom is -0.463 e. The average molecular weight is 424 g/mol. The van der Waals surface area contributed by atoms with E-state index >= 15 is 0 Å². The molecule has 0 amide bonds. The fraction of sp³-hybridized carbons (Fsp3) is 0.526. The molecule has 3 aliphatic rings. The molecule has 2 fully saturated rings. The summed E-state index contributed by atoms with van der Waals surface area (Å²) < 4.78 is 51.0. The third-order valence-electron chi connectivity index (χ3n) is 5.57. The zero-order valence-corrected chi connectivity index (χ0v) is 17.4. The van der Waals surface area contributed by atoms with Crippen molar-refractivity contribution in [3.05, 3.63) is 41.6 Å². The molecule has 10 heteroatoms. The number of hydrogen-bond donors (Lipinski definition) is 1. The molecule has 2 saturated heterocycles. The van der Waals surface area contributed by atoms with E-state index in [0.29, 0.717) is 5.56 Å². The number of nitrogens with zero attached hydrogens (tertiary/aromatic N) is 1. The molecule has 0 aliphatic carbocycles. The zero-order chi connectivity index (χ0) is 21.2. The molecular weight excluding hydrogens is 400 g/mol. The Labute approximate surface area is 169 Å². The molecular formula is C19H24N2O7S. The number of nitrogens with two attached hydrogens (primary N) is 1. The van der Waals surface area contributed by atoms with Crippen molar-refractivity contribution in [2.45, 2.75) is 50.6 Å². The smallest absolute Gasteiger partial charge is 0.302 e. The lowest BCUT2D eigenvalue weighted by Gasteiger charge is -2.39. The second kappa shape index (κ2) is 6.51. The van der Waals surface area contributed by atoms with Gasteiger partial charge in [0.1, 0.15) is 29.3 Å². The lowest BCUT2D eigenvalue weighted by molar-refractivity contribution is -0.219. The molecule has 0 bridgehead atoms. The molecule has 0 aromatic heterocycles. The van der Waals surface area contributed by atoms with Crippen LogP contribution < -0.4 is 5.73 Å². The predicted molar refractivity (Wildman–Crippen MR) is 102 cm³/mol. The minimum atomic E-state index is -3.98. The molecule has 1 aromatic rings. The second-order valence-electron chi connectivity index (χ2n) is 7.76. The molecule has 29 heavy (non-hydrogen) atoms. The highest BCUT2D eigenvalue weighted by Crippen LogP contribution is 2.54. The molecule has 3 heterocycles. The number of ether oxygens (including phenoxy) is 4. The highest BCUT2D eigenvalue weighted by Gasteiger charge is 2.72. The van der Waals surface area contributed by atoms with Crippen LogP contribution >= 0.6 is 0 Å². The van der Waals surface area contributed by atoms with E-state index in [0.717, 1.165) is 0 Å². The summed E-state index contributed by atoms with van der Waals surface area (Å²) in [6.45, 7) is 4.50. The van der Waals surface area contributed by atoms with E-state index in [4.69, 9.17) is 24.7 Å². The number of carbonyl (C=O) groups excluding carboxylic acids is 1. The molecule has 2 N–H and O–H groups in total. The molecule has 0 unspecified atom stereocenters. The van der Waals surface area contributed by atoms with Crippen molar-refractivity contribution >= 4 is 20.9 Å². The lowest BCUT2D eigenvalue weighted by Crippen LogP contribution is -2.62. The van der Waals surface area contributed by atoms with Gasteiger partial charge in [-0.3, -0.25) is 4.79 Å². The van der Waals surface area contributed by atoms with Gasteiger partial charge in [0, 0.05) is 14.0 Å².